The van der Waals surface area contributed by atoms with Crippen molar-refractivity contribution in [1.82, 2.24) is 14.3 Å². The van der Waals surface area contributed by atoms with E-state index in [-0.39, 0.29) is 35.9 Å². The molecule has 0 bridgehead atoms. The summed E-state index contributed by atoms with van der Waals surface area (Å²) in [7, 11) is 3.32. The van der Waals surface area contributed by atoms with Crippen LogP contribution >= 0.6 is 36.6 Å². The van der Waals surface area contributed by atoms with Crippen molar-refractivity contribution >= 4 is 54.3 Å². The fraction of sp³-hybridized carbons (Fsp3) is 0.310. The molecule has 0 N–H and O–H groups in total. The molecule has 5 rings (SSSR count). The first-order chi connectivity index (χ1) is 19.6. The first-order valence-corrected chi connectivity index (χ1v) is 13.3. The minimum absolute atomic E-state index is 0. The summed E-state index contributed by atoms with van der Waals surface area (Å²) >= 11 is 6.75. The lowest BCUT2D eigenvalue weighted by Gasteiger charge is -2.34. The zero-order chi connectivity index (χ0) is 29.3. The first kappa shape index (κ1) is 34.4. The zero-order valence-corrected chi connectivity index (χ0v) is 25.6. The number of likely N-dealkylation sites (N-methyl/N-ethyl adjacent to an activating group) is 1. The van der Waals surface area contributed by atoms with Crippen molar-refractivity contribution in [3.63, 3.8) is 0 Å². The summed E-state index contributed by atoms with van der Waals surface area (Å²) < 4.78 is 51.1. The molecule has 3 aromatic rings. The van der Waals surface area contributed by atoms with Gasteiger partial charge in [-0.3, -0.25) is 4.90 Å². The van der Waals surface area contributed by atoms with Gasteiger partial charge in [0.05, 0.1) is 23.9 Å². The standard InChI is InChI=1S/C29H28ClF3N4O4.2ClH/c1-34-14-16-35(17-15-34)18-21-10-13-23(27(38)40-2)24(19-6-4-3-5-7-19)25(21)36-28(39)41-26(37(36)30)20-8-11-22(12-9-20)29(31,32)33;;/h3-13,26H,14-18H2,1-2H3;2*1H. The van der Waals surface area contributed by atoms with Crippen LogP contribution < -0.4 is 5.01 Å². The maximum atomic E-state index is 13.5. The molecule has 0 saturated carbocycles. The number of benzene rings is 3. The van der Waals surface area contributed by atoms with Gasteiger partial charge in [-0.25, -0.2) is 9.59 Å². The Morgan fingerprint density at radius 1 is 0.977 bits per heavy atom. The highest BCUT2D eigenvalue weighted by Gasteiger charge is 2.44. The summed E-state index contributed by atoms with van der Waals surface area (Å²) in [5.41, 5.74) is 1.71. The van der Waals surface area contributed by atoms with E-state index in [1.54, 1.807) is 36.4 Å². The summed E-state index contributed by atoms with van der Waals surface area (Å²) in [6.45, 7) is 3.76. The molecule has 1 atom stereocenters. The van der Waals surface area contributed by atoms with Crippen LogP contribution in [0.5, 0.6) is 0 Å². The smallest absolute Gasteiger partial charge is 0.432 e. The number of alkyl halides is 3. The van der Waals surface area contributed by atoms with Crippen LogP contribution in [-0.2, 0) is 22.2 Å². The molecule has 8 nitrogen and oxygen atoms in total. The summed E-state index contributed by atoms with van der Waals surface area (Å²) in [5, 5.41) is 1.13. The monoisotopic (exact) mass is 660 g/mol. The molecular formula is C29H30Cl3F3N4O4. The first-order valence-electron chi connectivity index (χ1n) is 12.9. The van der Waals surface area contributed by atoms with Gasteiger partial charge >= 0.3 is 18.2 Å². The number of hydrogen-bond acceptors (Lipinski definition) is 7. The summed E-state index contributed by atoms with van der Waals surface area (Å²) in [6, 6.07) is 16.7. The minimum Gasteiger partial charge on any atom is -0.465 e. The molecule has 2 saturated heterocycles. The number of cyclic esters (lactones) is 1. The predicted octanol–water partition coefficient (Wildman–Crippen LogP) is 6.78. The second-order valence-electron chi connectivity index (χ2n) is 9.89. The van der Waals surface area contributed by atoms with E-state index in [1.807, 2.05) is 6.07 Å². The number of carbonyl (C=O) groups excluding carboxylic acids is 2. The Morgan fingerprint density at radius 2 is 1.60 bits per heavy atom. The van der Waals surface area contributed by atoms with Crippen molar-refractivity contribution in [3.05, 3.63) is 89.0 Å². The third-order valence-electron chi connectivity index (χ3n) is 7.22. The third-order valence-corrected chi connectivity index (χ3v) is 7.55. The second kappa shape index (κ2) is 14.1. The van der Waals surface area contributed by atoms with Crippen molar-refractivity contribution < 1.29 is 32.2 Å². The van der Waals surface area contributed by atoms with Crippen molar-refractivity contribution in [3.8, 4) is 11.1 Å². The lowest BCUT2D eigenvalue weighted by molar-refractivity contribution is -0.137. The van der Waals surface area contributed by atoms with Gasteiger partial charge in [0.2, 0.25) is 6.23 Å². The Labute approximate surface area is 264 Å². The van der Waals surface area contributed by atoms with Gasteiger partial charge in [-0.15, -0.1) is 24.8 Å². The minimum atomic E-state index is -4.52. The van der Waals surface area contributed by atoms with E-state index >= 15 is 0 Å². The van der Waals surface area contributed by atoms with Crippen LogP contribution in [0.4, 0.5) is 23.7 Å². The SMILES string of the molecule is COC(=O)c1ccc(CN2CCN(C)CC2)c(N2C(=O)OC(c3ccc(C(F)(F)F)cc3)N2Cl)c1-c1ccccc1.Cl.Cl. The predicted molar refractivity (Wildman–Crippen MR) is 161 cm³/mol. The fourth-order valence-electron chi connectivity index (χ4n) is 5.01. The molecule has 0 aromatic heterocycles. The van der Waals surface area contributed by atoms with Crippen LogP contribution in [-0.4, -0.2) is 66.7 Å². The lowest BCUT2D eigenvalue weighted by atomic mass is 9.93. The lowest BCUT2D eigenvalue weighted by Crippen LogP contribution is -2.44. The molecule has 14 heteroatoms. The highest BCUT2D eigenvalue weighted by atomic mass is 35.5. The number of ether oxygens (including phenoxy) is 2. The van der Waals surface area contributed by atoms with E-state index in [2.05, 4.69) is 16.8 Å². The van der Waals surface area contributed by atoms with Crippen molar-refractivity contribution in [2.24, 2.45) is 0 Å². The Hall–Kier alpha value is -3.06. The highest BCUT2D eigenvalue weighted by Crippen LogP contribution is 2.45. The topological polar surface area (TPSA) is 65.6 Å². The maximum Gasteiger partial charge on any atom is 0.432 e. The van der Waals surface area contributed by atoms with Crippen molar-refractivity contribution in [1.29, 1.82) is 0 Å². The average Bonchev–Trinajstić information content (AvgIpc) is 3.26. The third kappa shape index (κ3) is 7.19. The van der Waals surface area contributed by atoms with Gasteiger partial charge in [0, 0.05) is 55.6 Å². The molecule has 2 heterocycles. The van der Waals surface area contributed by atoms with Crippen LogP contribution in [0.2, 0.25) is 0 Å². The number of piperazine rings is 1. The number of halogens is 6. The Kier molecular flexibility index (Phi) is 11.3. The number of esters is 1. The normalized spacial score (nSPS) is 18.0. The van der Waals surface area contributed by atoms with Gasteiger partial charge in [-0.2, -0.15) is 18.2 Å². The second-order valence-corrected chi connectivity index (χ2v) is 10.2. The molecule has 2 aliphatic rings. The Bertz CT molecular complexity index is 1420. The fourth-order valence-corrected chi connectivity index (χ4v) is 5.30. The number of amides is 1. The van der Waals surface area contributed by atoms with Gasteiger partial charge in [-0.05, 0) is 36.4 Å². The van der Waals surface area contributed by atoms with Gasteiger partial charge in [0.1, 0.15) is 0 Å². The Morgan fingerprint density at radius 3 is 2.19 bits per heavy atom. The molecule has 232 valence electrons. The largest absolute Gasteiger partial charge is 0.465 e. The van der Waals surface area contributed by atoms with Gasteiger partial charge < -0.3 is 14.4 Å². The molecule has 1 amide bonds. The number of hydrazine groups is 1. The maximum absolute atomic E-state index is 13.5. The van der Waals surface area contributed by atoms with E-state index in [9.17, 15) is 22.8 Å². The van der Waals surface area contributed by atoms with E-state index in [1.165, 1.54) is 19.2 Å². The van der Waals surface area contributed by atoms with Crippen LogP contribution in [0.25, 0.3) is 11.1 Å². The number of nitrogens with zero attached hydrogens (tertiary/aromatic N) is 4. The highest BCUT2D eigenvalue weighted by molar-refractivity contribution is 6.18. The molecule has 2 aliphatic heterocycles. The molecule has 0 spiro atoms. The van der Waals surface area contributed by atoms with Crippen LogP contribution in [0.3, 0.4) is 0 Å². The van der Waals surface area contributed by atoms with Gasteiger partial charge in [0.15, 0.2) is 0 Å². The van der Waals surface area contributed by atoms with Crippen molar-refractivity contribution in [2.45, 2.75) is 18.9 Å². The summed E-state index contributed by atoms with van der Waals surface area (Å²) in [4.78, 5) is 30.9. The van der Waals surface area contributed by atoms with E-state index in [0.717, 1.165) is 47.8 Å². The number of rotatable bonds is 6. The van der Waals surface area contributed by atoms with Gasteiger partial charge in [0.25, 0.3) is 0 Å². The quantitative estimate of drug-likeness (QED) is 0.213. The molecule has 43 heavy (non-hydrogen) atoms. The molecular weight excluding hydrogens is 632 g/mol. The molecule has 0 radical (unpaired) electrons. The zero-order valence-electron chi connectivity index (χ0n) is 23.2. The molecule has 2 fully saturated rings. The number of methoxy groups -OCH3 is 1. The van der Waals surface area contributed by atoms with Gasteiger partial charge in [-0.1, -0.05) is 53.1 Å². The van der Waals surface area contributed by atoms with E-state index < -0.39 is 30.0 Å². The van der Waals surface area contributed by atoms with Crippen molar-refractivity contribution in [2.75, 3.05) is 45.3 Å². The van der Waals surface area contributed by atoms with Crippen LogP contribution in [0.1, 0.15) is 33.3 Å². The molecule has 0 aliphatic carbocycles. The summed E-state index contributed by atoms with van der Waals surface area (Å²) in [5.74, 6) is -0.607. The Balaban J connectivity index is 0.00000253. The van der Waals surface area contributed by atoms with Crippen LogP contribution in [0.15, 0.2) is 66.7 Å². The molecule has 3 aromatic carbocycles. The summed E-state index contributed by atoms with van der Waals surface area (Å²) in [6.07, 6.45) is -6.58. The van der Waals surface area contributed by atoms with Crippen LogP contribution in [0, 0.1) is 0 Å². The van der Waals surface area contributed by atoms with E-state index in [0.29, 0.717) is 28.9 Å². The number of carbonyl (C=O) groups is 2. The number of anilines is 1. The van der Waals surface area contributed by atoms with E-state index in [4.69, 9.17) is 21.3 Å². The number of hydrogen-bond donors (Lipinski definition) is 0. The molecule has 1 unspecified atom stereocenters. The average molecular weight is 662 g/mol.